The van der Waals surface area contributed by atoms with Crippen LogP contribution in [0.3, 0.4) is 0 Å². The number of morpholine rings is 1. The van der Waals surface area contributed by atoms with Crippen LogP contribution in [0.15, 0.2) is 27.8 Å². The van der Waals surface area contributed by atoms with E-state index in [1.807, 2.05) is 12.1 Å². The summed E-state index contributed by atoms with van der Waals surface area (Å²) in [7, 11) is 1.77. The Hall–Kier alpha value is -0.880. The Kier molecular flexibility index (Phi) is 12.7. The Morgan fingerprint density at radius 3 is 2.63 bits per heavy atom. The Morgan fingerprint density at radius 2 is 1.93 bits per heavy atom. The lowest BCUT2D eigenvalue weighted by Crippen LogP contribution is -2.49. The molecular weight excluding hydrogens is 497 g/mol. The van der Waals surface area contributed by atoms with Gasteiger partial charge in [0, 0.05) is 65.4 Å². The van der Waals surface area contributed by atoms with E-state index in [2.05, 4.69) is 20.4 Å². The third-order valence-electron chi connectivity index (χ3n) is 5.57. The van der Waals surface area contributed by atoms with Gasteiger partial charge in [-0.05, 0) is 25.0 Å². The third kappa shape index (κ3) is 9.51. The van der Waals surface area contributed by atoms with E-state index in [9.17, 15) is 0 Å². The highest BCUT2D eigenvalue weighted by Gasteiger charge is 2.20. The molecule has 0 aliphatic carbocycles. The minimum absolute atomic E-state index is 0. The molecule has 3 heterocycles. The van der Waals surface area contributed by atoms with Gasteiger partial charge >= 0.3 is 0 Å². The molecule has 0 amide bonds. The van der Waals surface area contributed by atoms with Crippen LogP contribution in [-0.4, -0.2) is 101 Å². The number of rotatable bonds is 10. The first-order valence-electron chi connectivity index (χ1n) is 10.9. The fraction of sp³-hybridized carbons (Fsp3) is 0.762. The minimum atomic E-state index is 0. The van der Waals surface area contributed by atoms with Crippen molar-refractivity contribution >= 4 is 29.9 Å². The van der Waals surface area contributed by atoms with Crippen LogP contribution in [0.5, 0.6) is 0 Å². The molecule has 9 heteroatoms. The fourth-order valence-corrected chi connectivity index (χ4v) is 3.75. The summed E-state index contributed by atoms with van der Waals surface area (Å²) in [4.78, 5) is 9.74. The van der Waals surface area contributed by atoms with Crippen LogP contribution in [0.25, 0.3) is 0 Å². The molecular formula is C21H38IN5O3. The Labute approximate surface area is 197 Å². The van der Waals surface area contributed by atoms with Crippen molar-refractivity contribution in [3.05, 3.63) is 24.2 Å². The normalized spacial score (nSPS) is 19.4. The SMILES string of the molecule is COCCN1CCC(NC(=NCCN2CCOCC2)NCCc2ccco2)CC1.I. The highest BCUT2D eigenvalue weighted by molar-refractivity contribution is 14.0. The summed E-state index contributed by atoms with van der Waals surface area (Å²) in [5, 5.41) is 7.15. The fourth-order valence-electron chi connectivity index (χ4n) is 3.75. The summed E-state index contributed by atoms with van der Waals surface area (Å²) in [6.07, 6.45) is 4.84. The minimum Gasteiger partial charge on any atom is -0.469 e. The molecule has 2 saturated heterocycles. The smallest absolute Gasteiger partial charge is 0.191 e. The maximum Gasteiger partial charge on any atom is 0.191 e. The average Bonchev–Trinajstić information content (AvgIpc) is 3.27. The summed E-state index contributed by atoms with van der Waals surface area (Å²) in [6.45, 7) is 10.3. The maximum atomic E-state index is 5.44. The van der Waals surface area contributed by atoms with Gasteiger partial charge in [0.15, 0.2) is 5.96 Å². The predicted molar refractivity (Wildman–Crippen MR) is 130 cm³/mol. The molecule has 0 aromatic carbocycles. The average molecular weight is 535 g/mol. The molecule has 2 aliphatic heterocycles. The van der Waals surface area contributed by atoms with Crippen LogP contribution >= 0.6 is 24.0 Å². The summed E-state index contributed by atoms with van der Waals surface area (Å²) in [6, 6.07) is 4.41. The molecule has 172 valence electrons. The molecule has 2 N–H and O–H groups in total. The first kappa shape index (κ1) is 25.4. The molecule has 30 heavy (non-hydrogen) atoms. The van der Waals surface area contributed by atoms with E-state index in [-0.39, 0.29) is 24.0 Å². The van der Waals surface area contributed by atoms with Gasteiger partial charge in [-0.2, -0.15) is 0 Å². The largest absolute Gasteiger partial charge is 0.469 e. The van der Waals surface area contributed by atoms with Crippen LogP contribution < -0.4 is 10.6 Å². The topological polar surface area (TPSA) is 74.5 Å². The molecule has 1 aromatic heterocycles. The number of halogens is 1. The van der Waals surface area contributed by atoms with E-state index in [1.54, 1.807) is 13.4 Å². The number of piperidine rings is 1. The summed E-state index contributed by atoms with van der Waals surface area (Å²) in [5.41, 5.74) is 0. The highest BCUT2D eigenvalue weighted by Crippen LogP contribution is 2.10. The molecule has 0 radical (unpaired) electrons. The van der Waals surface area contributed by atoms with E-state index in [4.69, 9.17) is 18.9 Å². The van der Waals surface area contributed by atoms with Crippen molar-refractivity contribution in [2.45, 2.75) is 25.3 Å². The van der Waals surface area contributed by atoms with Gasteiger partial charge in [0.2, 0.25) is 0 Å². The maximum absolute atomic E-state index is 5.44. The van der Waals surface area contributed by atoms with Crippen molar-refractivity contribution in [1.29, 1.82) is 0 Å². The molecule has 0 unspecified atom stereocenters. The second-order valence-corrected chi connectivity index (χ2v) is 7.69. The standard InChI is InChI=1S/C21H37N5O3.HI/c1-27-16-12-25-9-5-19(6-10-25)24-21(22-7-4-20-3-2-15-29-20)23-8-11-26-13-17-28-18-14-26;/h2-3,15,19H,4-14,16-18H2,1H3,(H2,22,23,24);1H. The Balaban J connectivity index is 0.00000320. The van der Waals surface area contributed by atoms with E-state index < -0.39 is 0 Å². The number of furan rings is 1. The third-order valence-corrected chi connectivity index (χ3v) is 5.57. The van der Waals surface area contributed by atoms with Gasteiger partial charge in [0.25, 0.3) is 0 Å². The van der Waals surface area contributed by atoms with Crippen LogP contribution in [0.1, 0.15) is 18.6 Å². The van der Waals surface area contributed by atoms with E-state index in [0.29, 0.717) is 6.04 Å². The molecule has 2 fully saturated rings. The molecule has 0 saturated carbocycles. The Bertz CT molecular complexity index is 573. The van der Waals surface area contributed by atoms with E-state index >= 15 is 0 Å². The lowest BCUT2D eigenvalue weighted by atomic mass is 10.1. The zero-order chi connectivity index (χ0) is 20.2. The lowest BCUT2D eigenvalue weighted by molar-refractivity contribution is 0.0394. The number of likely N-dealkylation sites (tertiary alicyclic amines) is 1. The second kappa shape index (κ2) is 15.0. The molecule has 3 rings (SSSR count). The number of nitrogens with zero attached hydrogens (tertiary/aromatic N) is 3. The number of nitrogens with one attached hydrogen (secondary N) is 2. The molecule has 0 spiro atoms. The van der Waals surface area contributed by atoms with Crippen molar-refractivity contribution in [1.82, 2.24) is 20.4 Å². The highest BCUT2D eigenvalue weighted by atomic mass is 127. The summed E-state index contributed by atoms with van der Waals surface area (Å²) < 4.78 is 16.1. The molecule has 2 aliphatic rings. The van der Waals surface area contributed by atoms with Crippen molar-refractivity contribution in [3.63, 3.8) is 0 Å². The number of aliphatic imine (C=N–C) groups is 1. The van der Waals surface area contributed by atoms with Crippen LogP contribution in [0, 0.1) is 0 Å². The number of methoxy groups -OCH3 is 1. The molecule has 1 aromatic rings. The van der Waals surface area contributed by atoms with Gasteiger partial charge in [-0.3, -0.25) is 9.89 Å². The zero-order valence-electron chi connectivity index (χ0n) is 18.2. The second-order valence-electron chi connectivity index (χ2n) is 7.69. The monoisotopic (exact) mass is 535 g/mol. The number of hydrogen-bond acceptors (Lipinski definition) is 6. The summed E-state index contributed by atoms with van der Waals surface area (Å²) in [5.74, 6) is 1.91. The van der Waals surface area contributed by atoms with Gasteiger partial charge < -0.3 is 29.4 Å². The van der Waals surface area contributed by atoms with Crippen LogP contribution in [0.4, 0.5) is 0 Å². The zero-order valence-corrected chi connectivity index (χ0v) is 20.5. The van der Waals surface area contributed by atoms with Gasteiger partial charge in [-0.25, -0.2) is 0 Å². The predicted octanol–water partition coefficient (Wildman–Crippen LogP) is 1.42. The Morgan fingerprint density at radius 1 is 1.17 bits per heavy atom. The van der Waals surface area contributed by atoms with Crippen LogP contribution in [0.2, 0.25) is 0 Å². The number of guanidine groups is 1. The van der Waals surface area contributed by atoms with Gasteiger partial charge in [0.05, 0.1) is 32.6 Å². The molecule has 0 bridgehead atoms. The van der Waals surface area contributed by atoms with Crippen molar-refractivity contribution < 1.29 is 13.9 Å². The van der Waals surface area contributed by atoms with Crippen LogP contribution in [-0.2, 0) is 15.9 Å². The first-order chi connectivity index (χ1) is 14.3. The summed E-state index contributed by atoms with van der Waals surface area (Å²) >= 11 is 0. The van der Waals surface area contributed by atoms with Crippen molar-refractivity contribution in [2.24, 2.45) is 4.99 Å². The first-order valence-corrected chi connectivity index (χ1v) is 10.9. The van der Waals surface area contributed by atoms with Crippen molar-refractivity contribution in [3.8, 4) is 0 Å². The number of hydrogen-bond donors (Lipinski definition) is 2. The van der Waals surface area contributed by atoms with E-state index in [1.165, 1.54) is 0 Å². The molecule has 8 nitrogen and oxygen atoms in total. The van der Waals surface area contributed by atoms with Crippen molar-refractivity contribution in [2.75, 3.05) is 79.3 Å². The van der Waals surface area contributed by atoms with Gasteiger partial charge in [0.1, 0.15) is 5.76 Å². The molecule has 0 atom stereocenters. The van der Waals surface area contributed by atoms with Gasteiger partial charge in [-0.1, -0.05) is 0 Å². The lowest BCUT2D eigenvalue weighted by Gasteiger charge is -2.33. The number of ether oxygens (including phenoxy) is 2. The quantitative estimate of drug-likeness (QED) is 0.267. The van der Waals surface area contributed by atoms with Gasteiger partial charge in [-0.15, -0.1) is 24.0 Å². The van der Waals surface area contributed by atoms with E-state index in [0.717, 1.165) is 103 Å².